The Balaban J connectivity index is 1.79. The van der Waals surface area contributed by atoms with Gasteiger partial charge in [-0.05, 0) is 42.8 Å². The average Bonchev–Trinajstić information content (AvgIpc) is 2.82. The number of oxazole rings is 1. The van der Waals surface area contributed by atoms with Crippen LogP contribution in [0.2, 0.25) is 0 Å². The summed E-state index contributed by atoms with van der Waals surface area (Å²) in [6.07, 6.45) is 0. The molecule has 1 heterocycles. The van der Waals surface area contributed by atoms with Gasteiger partial charge in [0.25, 0.3) is 0 Å². The Morgan fingerprint density at radius 1 is 1.26 bits per heavy atom. The van der Waals surface area contributed by atoms with E-state index in [0.29, 0.717) is 18.7 Å². The van der Waals surface area contributed by atoms with Crippen LogP contribution in [0.4, 0.5) is 0 Å². The second kappa shape index (κ2) is 6.00. The van der Waals surface area contributed by atoms with Crippen molar-refractivity contribution in [3.8, 4) is 5.75 Å². The highest BCUT2D eigenvalue weighted by Gasteiger charge is 2.12. The van der Waals surface area contributed by atoms with E-state index in [0.717, 1.165) is 11.3 Å². The molecule has 0 spiro atoms. The Kier molecular flexibility index (Phi) is 3.89. The van der Waals surface area contributed by atoms with Gasteiger partial charge < -0.3 is 14.3 Å². The molecule has 0 aliphatic carbocycles. The Hall–Kier alpha value is -3.02. The zero-order valence-corrected chi connectivity index (χ0v) is 12.5. The highest BCUT2D eigenvalue weighted by molar-refractivity contribution is 5.91. The molecule has 23 heavy (non-hydrogen) atoms. The Labute approximate surface area is 131 Å². The zero-order chi connectivity index (χ0) is 16.4. The number of fused-ring (bicyclic) bond motifs is 1. The summed E-state index contributed by atoms with van der Waals surface area (Å²) in [4.78, 5) is 22.9. The van der Waals surface area contributed by atoms with Crippen molar-refractivity contribution in [2.24, 2.45) is 0 Å². The van der Waals surface area contributed by atoms with E-state index in [4.69, 9.17) is 14.3 Å². The molecule has 1 aromatic heterocycles. The van der Waals surface area contributed by atoms with E-state index in [9.17, 15) is 9.59 Å². The van der Waals surface area contributed by atoms with Gasteiger partial charge in [0.2, 0.25) is 0 Å². The molecule has 0 bridgehead atoms. The molecule has 0 atom stereocenters. The summed E-state index contributed by atoms with van der Waals surface area (Å²) < 4.78 is 12.2. The van der Waals surface area contributed by atoms with Gasteiger partial charge in [0, 0.05) is 0 Å². The molecule has 0 aliphatic rings. The van der Waals surface area contributed by atoms with E-state index in [-0.39, 0.29) is 11.1 Å². The molecule has 0 saturated heterocycles. The molecule has 6 heteroatoms. The monoisotopic (exact) mass is 313 g/mol. The molecule has 3 aromatic rings. The molecule has 2 aromatic carbocycles. The zero-order valence-electron chi connectivity index (χ0n) is 12.5. The number of carbonyl (C=O) groups is 1. The normalized spacial score (nSPS) is 10.8. The first-order valence-corrected chi connectivity index (χ1v) is 7.11. The third-order valence-electron chi connectivity index (χ3n) is 3.49. The minimum Gasteiger partial charge on any atom is -0.492 e. The number of aromatic carboxylic acids is 1. The van der Waals surface area contributed by atoms with Crippen molar-refractivity contribution >= 4 is 17.1 Å². The van der Waals surface area contributed by atoms with Gasteiger partial charge in [-0.1, -0.05) is 12.1 Å². The molecule has 0 fully saturated rings. The van der Waals surface area contributed by atoms with E-state index < -0.39 is 11.7 Å². The smallest absolute Gasteiger partial charge is 0.420 e. The molecule has 3 rings (SSSR count). The fourth-order valence-corrected chi connectivity index (χ4v) is 2.37. The first-order valence-electron chi connectivity index (χ1n) is 7.11. The third-order valence-corrected chi connectivity index (χ3v) is 3.49. The lowest BCUT2D eigenvalue weighted by atomic mass is 10.2. The molecule has 1 N–H and O–H groups in total. The summed E-state index contributed by atoms with van der Waals surface area (Å²) in [5.74, 6) is -0.862. The minimum atomic E-state index is -1.06. The fourth-order valence-electron chi connectivity index (χ4n) is 2.37. The number of carboxylic acid groups (broad SMARTS) is 1. The van der Waals surface area contributed by atoms with E-state index >= 15 is 0 Å². The largest absolute Gasteiger partial charge is 0.492 e. The molecule has 6 nitrogen and oxygen atoms in total. The SMILES string of the molecule is Cc1cccc(OCCn2c(=O)oc3cc(C(=O)O)ccc32)c1. The van der Waals surface area contributed by atoms with Crippen LogP contribution < -0.4 is 10.5 Å². The predicted molar refractivity (Wildman–Crippen MR) is 84.1 cm³/mol. The summed E-state index contributed by atoms with van der Waals surface area (Å²) in [5, 5.41) is 8.96. The van der Waals surface area contributed by atoms with Gasteiger partial charge in [0.1, 0.15) is 12.4 Å². The summed E-state index contributed by atoms with van der Waals surface area (Å²) in [6, 6.07) is 12.0. The predicted octanol–water partition coefficient (Wildman–Crippen LogP) is 2.68. The van der Waals surface area contributed by atoms with Gasteiger partial charge in [0.05, 0.1) is 17.6 Å². The first kappa shape index (κ1) is 14.9. The summed E-state index contributed by atoms with van der Waals surface area (Å²) in [7, 11) is 0. The summed E-state index contributed by atoms with van der Waals surface area (Å²) in [6.45, 7) is 2.59. The maximum absolute atomic E-state index is 11.9. The van der Waals surface area contributed by atoms with Crippen LogP contribution in [0.3, 0.4) is 0 Å². The second-order valence-electron chi connectivity index (χ2n) is 5.17. The Morgan fingerprint density at radius 2 is 2.09 bits per heavy atom. The van der Waals surface area contributed by atoms with E-state index in [1.54, 1.807) is 6.07 Å². The van der Waals surface area contributed by atoms with Crippen LogP contribution in [0, 0.1) is 6.92 Å². The number of aromatic nitrogens is 1. The number of rotatable bonds is 5. The van der Waals surface area contributed by atoms with Crippen molar-refractivity contribution < 1.29 is 19.1 Å². The number of aryl methyl sites for hydroxylation is 1. The minimum absolute atomic E-state index is 0.0782. The quantitative estimate of drug-likeness (QED) is 0.783. The van der Waals surface area contributed by atoms with Crippen LogP contribution in [0.15, 0.2) is 51.7 Å². The average molecular weight is 313 g/mol. The second-order valence-corrected chi connectivity index (χ2v) is 5.17. The first-order chi connectivity index (χ1) is 11.0. The molecule has 0 amide bonds. The maximum atomic E-state index is 11.9. The van der Waals surface area contributed by atoms with Crippen LogP contribution in [-0.2, 0) is 6.54 Å². The van der Waals surface area contributed by atoms with Crippen molar-refractivity contribution in [3.63, 3.8) is 0 Å². The number of carboxylic acids is 1. The lowest BCUT2D eigenvalue weighted by molar-refractivity contribution is 0.0697. The molecule has 0 aliphatic heterocycles. The number of ether oxygens (including phenoxy) is 1. The van der Waals surface area contributed by atoms with E-state index in [1.807, 2.05) is 31.2 Å². The number of hydrogen-bond acceptors (Lipinski definition) is 4. The van der Waals surface area contributed by atoms with Crippen molar-refractivity contribution in [1.82, 2.24) is 4.57 Å². The van der Waals surface area contributed by atoms with Crippen molar-refractivity contribution in [3.05, 3.63) is 64.1 Å². The van der Waals surface area contributed by atoms with Gasteiger partial charge >= 0.3 is 11.7 Å². The van der Waals surface area contributed by atoms with Crippen LogP contribution in [0.25, 0.3) is 11.1 Å². The van der Waals surface area contributed by atoms with Gasteiger partial charge in [-0.15, -0.1) is 0 Å². The highest BCUT2D eigenvalue weighted by atomic mass is 16.5. The number of nitrogens with zero attached hydrogens (tertiary/aromatic N) is 1. The van der Waals surface area contributed by atoms with Crippen LogP contribution in [0.1, 0.15) is 15.9 Å². The lowest BCUT2D eigenvalue weighted by Crippen LogP contribution is -2.18. The Morgan fingerprint density at radius 3 is 2.83 bits per heavy atom. The van der Waals surface area contributed by atoms with E-state index in [2.05, 4.69) is 0 Å². The third kappa shape index (κ3) is 3.11. The lowest BCUT2D eigenvalue weighted by Gasteiger charge is -2.07. The Bertz CT molecular complexity index is 922. The van der Waals surface area contributed by atoms with Crippen LogP contribution in [-0.4, -0.2) is 22.2 Å². The number of benzene rings is 2. The van der Waals surface area contributed by atoms with Gasteiger partial charge in [-0.25, -0.2) is 9.59 Å². The van der Waals surface area contributed by atoms with Crippen molar-refractivity contribution in [2.75, 3.05) is 6.61 Å². The molecule has 0 saturated carbocycles. The topological polar surface area (TPSA) is 81.7 Å². The van der Waals surface area contributed by atoms with Crippen molar-refractivity contribution in [2.45, 2.75) is 13.5 Å². The molecule has 0 radical (unpaired) electrons. The van der Waals surface area contributed by atoms with Gasteiger partial charge in [0.15, 0.2) is 5.58 Å². The van der Waals surface area contributed by atoms with E-state index in [1.165, 1.54) is 16.7 Å². The summed E-state index contributed by atoms with van der Waals surface area (Å²) in [5.41, 5.74) is 1.97. The fraction of sp³-hybridized carbons (Fsp3) is 0.176. The maximum Gasteiger partial charge on any atom is 0.420 e. The van der Waals surface area contributed by atoms with Crippen molar-refractivity contribution in [1.29, 1.82) is 0 Å². The standard InChI is InChI=1S/C17H15NO5/c1-11-3-2-4-13(9-11)22-8-7-18-14-6-5-12(16(19)20)10-15(14)23-17(18)21/h2-6,9-10H,7-8H2,1H3,(H,19,20). The highest BCUT2D eigenvalue weighted by Crippen LogP contribution is 2.16. The van der Waals surface area contributed by atoms with Gasteiger partial charge in [-0.3, -0.25) is 4.57 Å². The van der Waals surface area contributed by atoms with Crippen LogP contribution in [0.5, 0.6) is 5.75 Å². The molecule has 118 valence electrons. The summed E-state index contributed by atoms with van der Waals surface area (Å²) >= 11 is 0. The van der Waals surface area contributed by atoms with Crippen LogP contribution >= 0.6 is 0 Å². The van der Waals surface area contributed by atoms with Gasteiger partial charge in [-0.2, -0.15) is 0 Å². The molecule has 0 unspecified atom stereocenters. The molecular weight excluding hydrogens is 298 g/mol. The number of hydrogen-bond donors (Lipinski definition) is 1. The molecular formula is C17H15NO5.